The van der Waals surface area contributed by atoms with E-state index < -0.39 is 11.7 Å². The van der Waals surface area contributed by atoms with Crippen molar-refractivity contribution in [1.82, 2.24) is 5.43 Å². The Bertz CT molecular complexity index is 578. The second-order valence-electron chi connectivity index (χ2n) is 3.60. The van der Waals surface area contributed by atoms with E-state index in [1.54, 1.807) is 13.0 Å². The van der Waals surface area contributed by atoms with Crippen LogP contribution in [0.15, 0.2) is 46.9 Å². The number of carbonyl (C=O) groups excluding carboxylic acids is 1. The predicted octanol–water partition coefficient (Wildman–Crippen LogP) is 3.04. The Hall–Kier alpha value is -2.01. The first kappa shape index (κ1) is 12.4. The number of thiophene rings is 1. The summed E-state index contributed by atoms with van der Waals surface area (Å²) in [6.45, 7) is 1.79. The molecule has 1 heterocycles. The second-order valence-corrected chi connectivity index (χ2v) is 4.54. The van der Waals surface area contributed by atoms with Crippen LogP contribution < -0.4 is 5.43 Å². The summed E-state index contributed by atoms with van der Waals surface area (Å²) in [5.74, 6) is -1.11. The van der Waals surface area contributed by atoms with Crippen molar-refractivity contribution in [1.29, 1.82) is 0 Å². The quantitative estimate of drug-likeness (QED) is 0.670. The monoisotopic (exact) mass is 262 g/mol. The molecule has 1 N–H and O–H groups in total. The number of amides is 1. The van der Waals surface area contributed by atoms with Gasteiger partial charge in [-0.2, -0.15) is 5.10 Å². The number of halogens is 1. The van der Waals surface area contributed by atoms with Crippen molar-refractivity contribution in [3.8, 4) is 0 Å². The van der Waals surface area contributed by atoms with Gasteiger partial charge in [-0.1, -0.05) is 18.2 Å². The summed E-state index contributed by atoms with van der Waals surface area (Å²) in [6.07, 6.45) is 0. The summed E-state index contributed by atoms with van der Waals surface area (Å²) < 4.78 is 13.3. The second kappa shape index (κ2) is 5.55. The number of rotatable bonds is 3. The summed E-state index contributed by atoms with van der Waals surface area (Å²) >= 11 is 1.53. The van der Waals surface area contributed by atoms with E-state index in [-0.39, 0.29) is 5.56 Å². The fraction of sp³-hybridized carbons (Fsp3) is 0.0769. The third-order valence-corrected chi connectivity index (χ3v) is 3.30. The number of carbonyl (C=O) groups is 1. The lowest BCUT2D eigenvalue weighted by molar-refractivity contribution is 0.0951. The molecule has 1 aromatic carbocycles. The lowest BCUT2D eigenvalue weighted by Crippen LogP contribution is -2.20. The van der Waals surface area contributed by atoms with E-state index in [1.165, 1.54) is 29.5 Å². The van der Waals surface area contributed by atoms with Crippen molar-refractivity contribution in [2.24, 2.45) is 5.10 Å². The summed E-state index contributed by atoms with van der Waals surface area (Å²) in [7, 11) is 0. The van der Waals surface area contributed by atoms with Gasteiger partial charge in [-0.05, 0) is 30.5 Å². The maximum absolute atomic E-state index is 13.3. The van der Waals surface area contributed by atoms with Crippen molar-refractivity contribution >= 4 is 23.0 Å². The zero-order valence-electron chi connectivity index (χ0n) is 9.68. The average Bonchev–Trinajstić information content (AvgIpc) is 2.90. The standard InChI is InChI=1S/C13H11FN2OS/c1-9(12-7-4-8-18-12)15-16-13(17)10-5-2-3-6-11(10)14/h2-8H,1H3,(H,16,17)/b15-9-. The number of benzene rings is 1. The molecular weight excluding hydrogens is 251 g/mol. The molecule has 0 fully saturated rings. The molecule has 0 atom stereocenters. The van der Waals surface area contributed by atoms with Crippen LogP contribution in [0.2, 0.25) is 0 Å². The summed E-state index contributed by atoms with van der Waals surface area (Å²) in [5.41, 5.74) is 3.02. The molecule has 1 amide bonds. The molecule has 0 saturated heterocycles. The van der Waals surface area contributed by atoms with Crippen LogP contribution in [-0.4, -0.2) is 11.6 Å². The SMILES string of the molecule is C/C(=N/NC(=O)c1ccccc1F)c1cccs1. The Morgan fingerprint density at radius 1 is 1.28 bits per heavy atom. The smallest absolute Gasteiger partial charge is 0.267 e. The Labute approximate surface area is 108 Å². The highest BCUT2D eigenvalue weighted by molar-refractivity contribution is 7.12. The van der Waals surface area contributed by atoms with Gasteiger partial charge in [0, 0.05) is 4.88 Å². The molecule has 3 nitrogen and oxygen atoms in total. The largest absolute Gasteiger partial charge is 0.274 e. The van der Waals surface area contributed by atoms with Crippen LogP contribution in [0.4, 0.5) is 4.39 Å². The molecular formula is C13H11FN2OS. The van der Waals surface area contributed by atoms with Crippen LogP contribution in [0.5, 0.6) is 0 Å². The maximum Gasteiger partial charge on any atom is 0.274 e. The molecule has 0 radical (unpaired) electrons. The highest BCUT2D eigenvalue weighted by atomic mass is 32.1. The molecule has 0 aliphatic heterocycles. The summed E-state index contributed by atoms with van der Waals surface area (Å²) in [5, 5.41) is 5.87. The molecule has 2 aromatic rings. The average molecular weight is 262 g/mol. The van der Waals surface area contributed by atoms with E-state index >= 15 is 0 Å². The van der Waals surface area contributed by atoms with E-state index in [2.05, 4.69) is 10.5 Å². The van der Waals surface area contributed by atoms with Gasteiger partial charge in [0.1, 0.15) is 5.82 Å². The van der Waals surface area contributed by atoms with E-state index in [9.17, 15) is 9.18 Å². The third kappa shape index (κ3) is 2.81. The van der Waals surface area contributed by atoms with Gasteiger partial charge in [0.15, 0.2) is 0 Å². The van der Waals surface area contributed by atoms with Crippen molar-refractivity contribution in [2.45, 2.75) is 6.92 Å². The minimum absolute atomic E-state index is 0.0137. The molecule has 0 unspecified atom stereocenters. The van der Waals surface area contributed by atoms with Crippen molar-refractivity contribution in [2.75, 3.05) is 0 Å². The predicted molar refractivity (Wildman–Crippen MR) is 70.4 cm³/mol. The molecule has 18 heavy (non-hydrogen) atoms. The fourth-order valence-electron chi connectivity index (χ4n) is 1.38. The lowest BCUT2D eigenvalue weighted by Gasteiger charge is -2.02. The number of hydrogen-bond donors (Lipinski definition) is 1. The first-order valence-electron chi connectivity index (χ1n) is 5.31. The molecule has 0 aliphatic carbocycles. The first-order valence-corrected chi connectivity index (χ1v) is 6.19. The number of nitrogens with zero attached hydrogens (tertiary/aromatic N) is 1. The van der Waals surface area contributed by atoms with Crippen LogP contribution in [-0.2, 0) is 0 Å². The Balaban J connectivity index is 2.09. The molecule has 2 rings (SSSR count). The minimum Gasteiger partial charge on any atom is -0.267 e. The van der Waals surface area contributed by atoms with Crippen molar-refractivity contribution in [3.63, 3.8) is 0 Å². The van der Waals surface area contributed by atoms with E-state index in [1.807, 2.05) is 17.5 Å². The van der Waals surface area contributed by atoms with Gasteiger partial charge in [-0.15, -0.1) is 11.3 Å². The van der Waals surface area contributed by atoms with Gasteiger partial charge >= 0.3 is 0 Å². The van der Waals surface area contributed by atoms with E-state index in [0.29, 0.717) is 5.71 Å². The maximum atomic E-state index is 13.3. The van der Waals surface area contributed by atoms with Crippen molar-refractivity contribution in [3.05, 3.63) is 58.0 Å². The molecule has 92 valence electrons. The minimum atomic E-state index is -0.557. The van der Waals surface area contributed by atoms with Gasteiger partial charge < -0.3 is 0 Å². The zero-order chi connectivity index (χ0) is 13.0. The molecule has 0 saturated carbocycles. The molecule has 0 spiro atoms. The Morgan fingerprint density at radius 2 is 2.06 bits per heavy atom. The van der Waals surface area contributed by atoms with Gasteiger partial charge in [0.05, 0.1) is 11.3 Å². The Kier molecular flexibility index (Phi) is 3.84. The Morgan fingerprint density at radius 3 is 2.72 bits per heavy atom. The highest BCUT2D eigenvalue weighted by Crippen LogP contribution is 2.10. The lowest BCUT2D eigenvalue weighted by atomic mass is 10.2. The van der Waals surface area contributed by atoms with Gasteiger partial charge in [-0.25, -0.2) is 9.82 Å². The molecule has 0 bridgehead atoms. The fourth-order valence-corrected chi connectivity index (χ4v) is 2.06. The molecule has 0 aliphatic rings. The third-order valence-electron chi connectivity index (χ3n) is 2.32. The topological polar surface area (TPSA) is 41.5 Å². The van der Waals surface area contributed by atoms with Crippen LogP contribution in [0.25, 0.3) is 0 Å². The van der Waals surface area contributed by atoms with Crippen LogP contribution in [0, 0.1) is 5.82 Å². The molecule has 5 heteroatoms. The normalized spacial score (nSPS) is 11.3. The van der Waals surface area contributed by atoms with Crippen LogP contribution in [0.3, 0.4) is 0 Å². The van der Waals surface area contributed by atoms with E-state index in [0.717, 1.165) is 4.88 Å². The first-order chi connectivity index (χ1) is 8.68. The number of hydrogen-bond acceptors (Lipinski definition) is 3. The number of nitrogens with one attached hydrogen (secondary N) is 1. The summed E-state index contributed by atoms with van der Waals surface area (Å²) in [4.78, 5) is 12.6. The zero-order valence-corrected chi connectivity index (χ0v) is 10.5. The van der Waals surface area contributed by atoms with Crippen LogP contribution in [0.1, 0.15) is 22.2 Å². The molecule has 1 aromatic heterocycles. The number of hydrazone groups is 1. The van der Waals surface area contributed by atoms with Gasteiger partial charge in [-0.3, -0.25) is 4.79 Å². The van der Waals surface area contributed by atoms with Gasteiger partial charge in [0.2, 0.25) is 0 Å². The van der Waals surface area contributed by atoms with Crippen LogP contribution >= 0.6 is 11.3 Å². The van der Waals surface area contributed by atoms with Crippen molar-refractivity contribution < 1.29 is 9.18 Å². The van der Waals surface area contributed by atoms with Gasteiger partial charge in [0.25, 0.3) is 5.91 Å². The highest BCUT2D eigenvalue weighted by Gasteiger charge is 2.09. The summed E-state index contributed by atoms with van der Waals surface area (Å²) in [6, 6.07) is 9.60. The van der Waals surface area contributed by atoms with E-state index in [4.69, 9.17) is 0 Å².